The zero-order chi connectivity index (χ0) is 19.9. The maximum Gasteiger partial charge on any atom is -0.0205 e. The summed E-state index contributed by atoms with van der Waals surface area (Å²) in [7, 11) is 0. The second-order valence-electron chi connectivity index (χ2n) is 11.6. The van der Waals surface area contributed by atoms with Gasteiger partial charge in [-0.2, -0.15) is 0 Å². The van der Waals surface area contributed by atoms with Crippen molar-refractivity contribution in [3.05, 3.63) is 12.2 Å². The minimum Gasteiger partial charge on any atom is -0.0880 e. The third-order valence-corrected chi connectivity index (χ3v) is 8.08. The molecule has 1 fully saturated rings. The molecule has 158 valence electrons. The van der Waals surface area contributed by atoms with Crippen LogP contribution in [0.25, 0.3) is 0 Å². The maximum atomic E-state index is 2.52. The normalized spacial score (nSPS) is 31.2. The van der Waals surface area contributed by atoms with E-state index in [1.165, 1.54) is 77.0 Å². The lowest BCUT2D eigenvalue weighted by molar-refractivity contribution is 0.182. The van der Waals surface area contributed by atoms with Gasteiger partial charge in [0.15, 0.2) is 0 Å². The molecule has 4 unspecified atom stereocenters. The minimum atomic E-state index is 0.521. The van der Waals surface area contributed by atoms with Gasteiger partial charge in [0.05, 0.1) is 0 Å². The monoisotopic (exact) mass is 374 g/mol. The highest BCUT2D eigenvalue weighted by atomic mass is 14.3. The van der Waals surface area contributed by atoms with Crippen molar-refractivity contribution in [2.45, 2.75) is 119 Å². The van der Waals surface area contributed by atoms with Crippen molar-refractivity contribution in [2.24, 2.45) is 40.9 Å². The van der Waals surface area contributed by atoms with Gasteiger partial charge in [-0.3, -0.25) is 0 Å². The highest BCUT2D eigenvalue weighted by Gasteiger charge is 2.27. The Morgan fingerprint density at radius 3 is 2.22 bits per heavy atom. The van der Waals surface area contributed by atoms with Gasteiger partial charge in [0.25, 0.3) is 0 Å². The van der Waals surface area contributed by atoms with Crippen LogP contribution in [0.1, 0.15) is 119 Å². The molecule has 4 atom stereocenters. The van der Waals surface area contributed by atoms with Crippen LogP contribution in [0, 0.1) is 40.9 Å². The number of hydrogen-bond acceptors (Lipinski definition) is 0. The number of rotatable bonds is 10. The van der Waals surface area contributed by atoms with Gasteiger partial charge in [-0.05, 0) is 73.0 Å². The van der Waals surface area contributed by atoms with Crippen LogP contribution in [0.4, 0.5) is 0 Å². The van der Waals surface area contributed by atoms with Gasteiger partial charge in [-0.25, -0.2) is 0 Å². The van der Waals surface area contributed by atoms with Crippen molar-refractivity contribution in [3.63, 3.8) is 0 Å². The van der Waals surface area contributed by atoms with Gasteiger partial charge in [-0.15, -0.1) is 0 Å². The standard InChI is InChI=1S/C27H50/c1-7-21(2)26(18-17-25-12-8-10-22(25)3)20-24-15-13-23(14-16-24)11-9-19-27(4,5)6/h8,12,21-26H,7,9-11,13-20H2,1-6H3. The third kappa shape index (κ3) is 8.33. The van der Waals surface area contributed by atoms with Gasteiger partial charge >= 0.3 is 0 Å². The Morgan fingerprint density at radius 1 is 1.00 bits per heavy atom. The first-order chi connectivity index (χ1) is 12.8. The van der Waals surface area contributed by atoms with E-state index >= 15 is 0 Å². The largest absolute Gasteiger partial charge is 0.0880 e. The Kier molecular flexibility index (Phi) is 9.43. The summed E-state index contributed by atoms with van der Waals surface area (Å²) in [4.78, 5) is 0. The van der Waals surface area contributed by atoms with E-state index in [2.05, 4.69) is 53.7 Å². The summed E-state index contributed by atoms with van der Waals surface area (Å²) in [6, 6.07) is 0. The third-order valence-electron chi connectivity index (χ3n) is 8.08. The molecule has 0 bridgehead atoms. The van der Waals surface area contributed by atoms with Crippen LogP contribution in [0.3, 0.4) is 0 Å². The zero-order valence-corrected chi connectivity index (χ0v) is 19.6. The summed E-state index contributed by atoms with van der Waals surface area (Å²) in [5, 5.41) is 0. The van der Waals surface area contributed by atoms with Crippen molar-refractivity contribution in [1.29, 1.82) is 0 Å². The summed E-state index contributed by atoms with van der Waals surface area (Å²) in [5.41, 5.74) is 0.521. The average molecular weight is 375 g/mol. The Hall–Kier alpha value is -0.260. The Labute approximate surface area is 172 Å². The van der Waals surface area contributed by atoms with E-state index in [0.29, 0.717) is 5.41 Å². The predicted octanol–water partition coefficient (Wildman–Crippen LogP) is 9.05. The summed E-state index contributed by atoms with van der Waals surface area (Å²) < 4.78 is 0. The van der Waals surface area contributed by atoms with E-state index in [9.17, 15) is 0 Å². The molecule has 0 aromatic heterocycles. The molecular weight excluding hydrogens is 324 g/mol. The molecule has 0 saturated heterocycles. The average Bonchev–Trinajstić information content (AvgIpc) is 3.03. The van der Waals surface area contributed by atoms with E-state index in [-0.39, 0.29) is 0 Å². The molecule has 0 heterocycles. The van der Waals surface area contributed by atoms with Crippen molar-refractivity contribution >= 4 is 0 Å². The van der Waals surface area contributed by atoms with Gasteiger partial charge in [0.1, 0.15) is 0 Å². The van der Waals surface area contributed by atoms with Gasteiger partial charge < -0.3 is 0 Å². The maximum absolute atomic E-state index is 2.52. The molecule has 0 nitrogen and oxygen atoms in total. The fourth-order valence-electron chi connectivity index (χ4n) is 5.69. The quantitative estimate of drug-likeness (QED) is 0.334. The molecule has 0 aromatic rings. The van der Waals surface area contributed by atoms with Crippen LogP contribution >= 0.6 is 0 Å². The summed E-state index contributed by atoms with van der Waals surface area (Å²) >= 11 is 0. The van der Waals surface area contributed by atoms with Crippen LogP contribution < -0.4 is 0 Å². The van der Waals surface area contributed by atoms with Crippen LogP contribution in [0.2, 0.25) is 0 Å². The van der Waals surface area contributed by atoms with Gasteiger partial charge in [0.2, 0.25) is 0 Å². The summed E-state index contributed by atoms with van der Waals surface area (Å²) in [5.74, 6) is 5.71. The lowest BCUT2D eigenvalue weighted by Crippen LogP contribution is -2.21. The van der Waals surface area contributed by atoms with Crippen LogP contribution in [-0.4, -0.2) is 0 Å². The molecule has 2 aliphatic rings. The van der Waals surface area contributed by atoms with Crippen LogP contribution in [0.5, 0.6) is 0 Å². The molecule has 2 aliphatic carbocycles. The SMILES string of the molecule is CCC(C)C(CCC1C=CCC1C)CC1CCC(CCCC(C)(C)C)CC1. The van der Waals surface area contributed by atoms with Crippen LogP contribution in [0.15, 0.2) is 12.2 Å². The molecule has 0 spiro atoms. The first kappa shape index (κ1) is 23.0. The highest BCUT2D eigenvalue weighted by Crippen LogP contribution is 2.40. The molecule has 0 aromatic carbocycles. The summed E-state index contributed by atoms with van der Waals surface area (Å²) in [6.07, 6.45) is 22.5. The van der Waals surface area contributed by atoms with Crippen molar-refractivity contribution in [1.82, 2.24) is 0 Å². The van der Waals surface area contributed by atoms with Crippen molar-refractivity contribution in [2.75, 3.05) is 0 Å². The van der Waals surface area contributed by atoms with Gasteiger partial charge in [-0.1, -0.05) is 98.6 Å². The first-order valence-electron chi connectivity index (χ1n) is 12.4. The van der Waals surface area contributed by atoms with E-state index in [0.717, 1.165) is 35.5 Å². The Morgan fingerprint density at radius 2 is 1.67 bits per heavy atom. The predicted molar refractivity (Wildman–Crippen MR) is 122 cm³/mol. The molecule has 0 aliphatic heterocycles. The molecule has 1 saturated carbocycles. The number of allylic oxidation sites excluding steroid dienone is 2. The van der Waals surface area contributed by atoms with Crippen LogP contribution in [-0.2, 0) is 0 Å². The lowest BCUT2D eigenvalue weighted by atomic mass is 9.72. The smallest absolute Gasteiger partial charge is 0.0205 e. The molecular formula is C27H50. The first-order valence-corrected chi connectivity index (χ1v) is 12.4. The lowest BCUT2D eigenvalue weighted by Gasteiger charge is -2.34. The topological polar surface area (TPSA) is 0 Å². The molecule has 27 heavy (non-hydrogen) atoms. The Balaban J connectivity index is 1.71. The highest BCUT2D eigenvalue weighted by molar-refractivity contribution is 4.99. The van der Waals surface area contributed by atoms with Gasteiger partial charge in [0, 0.05) is 0 Å². The molecule has 2 rings (SSSR count). The fraction of sp³-hybridized carbons (Fsp3) is 0.926. The van der Waals surface area contributed by atoms with E-state index in [4.69, 9.17) is 0 Å². The zero-order valence-electron chi connectivity index (χ0n) is 19.6. The van der Waals surface area contributed by atoms with E-state index in [1.807, 2.05) is 0 Å². The second kappa shape index (κ2) is 11.1. The fourth-order valence-corrected chi connectivity index (χ4v) is 5.69. The van der Waals surface area contributed by atoms with E-state index in [1.54, 1.807) is 0 Å². The molecule has 0 heteroatoms. The second-order valence-corrected chi connectivity index (χ2v) is 11.6. The molecule has 0 amide bonds. The molecule has 0 radical (unpaired) electrons. The Bertz CT molecular complexity index is 418. The van der Waals surface area contributed by atoms with Crippen molar-refractivity contribution in [3.8, 4) is 0 Å². The number of hydrogen-bond donors (Lipinski definition) is 0. The molecule has 0 N–H and O–H groups in total. The summed E-state index contributed by atoms with van der Waals surface area (Å²) in [6.45, 7) is 14.5. The minimum absolute atomic E-state index is 0.521. The van der Waals surface area contributed by atoms with E-state index < -0.39 is 0 Å². The van der Waals surface area contributed by atoms with Crippen molar-refractivity contribution < 1.29 is 0 Å².